The van der Waals surface area contributed by atoms with Gasteiger partial charge in [0.25, 0.3) is 0 Å². The van der Waals surface area contributed by atoms with Crippen molar-refractivity contribution in [2.24, 2.45) is 0 Å². The third-order valence-corrected chi connectivity index (χ3v) is 6.74. The first-order valence-corrected chi connectivity index (χ1v) is 8.95. The minimum atomic E-state index is -3.08. The Bertz CT molecular complexity index is 591. The molecule has 0 aromatic heterocycles. The predicted molar refractivity (Wildman–Crippen MR) is 88.5 cm³/mol. The molecule has 0 unspecified atom stereocenters. The third kappa shape index (κ3) is 3.33. The Morgan fingerprint density at radius 3 is 1.86 bits per heavy atom. The van der Waals surface area contributed by atoms with Crippen LogP contribution in [0.25, 0.3) is 0 Å². The zero-order valence-corrected chi connectivity index (χ0v) is 13.1. The summed E-state index contributed by atoms with van der Waals surface area (Å²) in [6.07, 6.45) is 2.85. The maximum Gasteiger partial charge on any atom is 0.169 e. The minimum absolute atomic E-state index is 0.404. The van der Waals surface area contributed by atoms with Gasteiger partial charge in [0, 0.05) is 15.9 Å². The molecule has 0 saturated carbocycles. The van der Waals surface area contributed by atoms with Crippen LogP contribution >= 0.6 is 7.14 Å². The zero-order valence-electron chi connectivity index (χ0n) is 12.2. The molecule has 0 N–H and O–H groups in total. The van der Waals surface area contributed by atoms with Crippen molar-refractivity contribution in [1.29, 1.82) is 0 Å². The lowest BCUT2D eigenvalue weighted by Gasteiger charge is -2.21. The molecule has 110 valence electrons. The van der Waals surface area contributed by atoms with Gasteiger partial charge >= 0.3 is 0 Å². The number of hydrogen-bond donors (Lipinski definition) is 0. The fraction of sp³-hybridized carbons (Fsp3) is 0.222. The Morgan fingerprint density at radius 2 is 1.48 bits per heavy atom. The van der Waals surface area contributed by atoms with Crippen LogP contribution in [0.2, 0.25) is 0 Å². The average molecular weight is 302 g/mol. The van der Waals surface area contributed by atoms with Gasteiger partial charge in [-0.25, -0.2) is 4.39 Å². The van der Waals surface area contributed by atoms with Crippen LogP contribution < -0.4 is 10.6 Å². The van der Waals surface area contributed by atoms with Gasteiger partial charge in [-0.05, 0) is 12.8 Å². The largest absolute Gasteiger partial charge is 0.309 e. The Kier molecular flexibility index (Phi) is 5.52. The molecule has 3 heteroatoms. The standard InChI is InChI=1S/C18H20FOP/c1-2-3-10-18(15-19)21(20,16-11-6-4-7-12-16)17-13-8-5-9-14-17/h4-9,11-15H,2-3,10H2,1H3/b18-15-. The van der Waals surface area contributed by atoms with Gasteiger partial charge in [0.05, 0.1) is 6.33 Å². The van der Waals surface area contributed by atoms with Crippen LogP contribution in [0.15, 0.2) is 72.3 Å². The number of hydrogen-bond acceptors (Lipinski definition) is 1. The van der Waals surface area contributed by atoms with Gasteiger partial charge in [-0.15, -0.1) is 0 Å². The number of benzene rings is 2. The Hall–Kier alpha value is -1.66. The highest BCUT2D eigenvalue weighted by molar-refractivity contribution is 7.82. The molecule has 2 aromatic rings. The van der Waals surface area contributed by atoms with Gasteiger partial charge in [-0.3, -0.25) is 0 Å². The molecule has 0 bridgehead atoms. The molecule has 1 nitrogen and oxygen atoms in total. The Labute approximate surface area is 125 Å². The van der Waals surface area contributed by atoms with Crippen molar-refractivity contribution < 1.29 is 8.96 Å². The summed E-state index contributed by atoms with van der Waals surface area (Å²) in [5, 5.41) is 1.79. The van der Waals surface area contributed by atoms with Gasteiger partial charge in [-0.1, -0.05) is 74.0 Å². The summed E-state index contributed by atoms with van der Waals surface area (Å²) in [6.45, 7) is 2.05. The van der Waals surface area contributed by atoms with Crippen molar-refractivity contribution >= 4 is 17.8 Å². The predicted octanol–water partition coefficient (Wildman–Crippen LogP) is 5.00. The van der Waals surface area contributed by atoms with Crippen LogP contribution in [0.4, 0.5) is 4.39 Å². The van der Waals surface area contributed by atoms with E-state index in [1.54, 1.807) is 0 Å². The lowest BCUT2D eigenvalue weighted by atomic mass is 10.2. The molecule has 2 rings (SSSR count). The van der Waals surface area contributed by atoms with Gasteiger partial charge in [0.1, 0.15) is 0 Å². The summed E-state index contributed by atoms with van der Waals surface area (Å²) in [4.78, 5) is 0. The maximum atomic E-state index is 13.7. The summed E-state index contributed by atoms with van der Waals surface area (Å²) >= 11 is 0. The van der Waals surface area contributed by atoms with Crippen molar-refractivity contribution in [2.45, 2.75) is 26.2 Å². The van der Waals surface area contributed by atoms with E-state index in [4.69, 9.17) is 0 Å². The quantitative estimate of drug-likeness (QED) is 0.686. The van der Waals surface area contributed by atoms with Crippen LogP contribution in [-0.4, -0.2) is 0 Å². The molecule has 2 aromatic carbocycles. The monoisotopic (exact) mass is 302 g/mol. The number of rotatable bonds is 6. The molecular weight excluding hydrogens is 282 g/mol. The number of allylic oxidation sites excluding steroid dienone is 1. The van der Waals surface area contributed by atoms with E-state index >= 15 is 0 Å². The van der Waals surface area contributed by atoms with Crippen molar-refractivity contribution in [3.63, 3.8) is 0 Å². The summed E-state index contributed by atoms with van der Waals surface area (Å²) < 4.78 is 27.3. The van der Waals surface area contributed by atoms with Crippen molar-refractivity contribution in [3.05, 3.63) is 72.3 Å². The van der Waals surface area contributed by atoms with Gasteiger partial charge in [-0.2, -0.15) is 0 Å². The molecule has 0 spiro atoms. The van der Waals surface area contributed by atoms with E-state index in [1.165, 1.54) is 0 Å². The minimum Gasteiger partial charge on any atom is -0.309 e. The summed E-state index contributed by atoms with van der Waals surface area (Å²) in [7, 11) is -3.08. The van der Waals surface area contributed by atoms with E-state index in [0.717, 1.165) is 12.8 Å². The smallest absolute Gasteiger partial charge is 0.169 e. The maximum absolute atomic E-state index is 13.7. The second kappa shape index (κ2) is 7.38. The second-order valence-electron chi connectivity index (χ2n) is 4.98. The van der Waals surface area contributed by atoms with E-state index in [2.05, 4.69) is 0 Å². The lowest BCUT2D eigenvalue weighted by molar-refractivity contribution is 0.587. The van der Waals surface area contributed by atoms with E-state index < -0.39 is 7.14 Å². The molecule has 0 heterocycles. The highest BCUT2D eigenvalue weighted by atomic mass is 31.2. The molecule has 0 radical (unpaired) electrons. The van der Waals surface area contributed by atoms with Crippen LogP contribution in [0.1, 0.15) is 26.2 Å². The SMILES string of the molecule is CCCC/C(=C/F)P(=O)(c1ccccc1)c1ccccc1. The fourth-order valence-electron chi connectivity index (χ4n) is 2.40. The van der Waals surface area contributed by atoms with Crippen molar-refractivity contribution in [2.75, 3.05) is 0 Å². The zero-order chi connectivity index (χ0) is 15.1. The molecule has 0 saturated heterocycles. The van der Waals surface area contributed by atoms with Gasteiger partial charge < -0.3 is 4.57 Å². The van der Waals surface area contributed by atoms with Gasteiger partial charge in [0.2, 0.25) is 0 Å². The Morgan fingerprint density at radius 1 is 1.00 bits per heavy atom. The van der Waals surface area contributed by atoms with Crippen LogP contribution in [0.3, 0.4) is 0 Å². The van der Waals surface area contributed by atoms with E-state index in [-0.39, 0.29) is 0 Å². The first-order chi connectivity index (χ1) is 10.2. The van der Waals surface area contributed by atoms with Crippen molar-refractivity contribution in [3.8, 4) is 0 Å². The average Bonchev–Trinajstić information content (AvgIpc) is 2.57. The topological polar surface area (TPSA) is 17.1 Å². The van der Waals surface area contributed by atoms with Crippen LogP contribution in [0.5, 0.6) is 0 Å². The molecular formula is C18H20FOP. The molecule has 0 atom stereocenters. The van der Waals surface area contributed by atoms with E-state index in [1.807, 2.05) is 67.6 Å². The molecule has 0 fully saturated rings. The number of unbranched alkanes of at least 4 members (excludes halogenated alkanes) is 1. The van der Waals surface area contributed by atoms with Crippen LogP contribution in [0, 0.1) is 0 Å². The highest BCUT2D eigenvalue weighted by Crippen LogP contribution is 2.53. The summed E-state index contributed by atoms with van der Waals surface area (Å²) in [5.41, 5.74) is 0. The second-order valence-corrected chi connectivity index (χ2v) is 7.81. The summed E-state index contributed by atoms with van der Waals surface area (Å²) in [5.74, 6) is 0. The lowest BCUT2D eigenvalue weighted by Crippen LogP contribution is -2.17. The van der Waals surface area contributed by atoms with E-state index in [0.29, 0.717) is 28.7 Å². The van der Waals surface area contributed by atoms with Crippen LogP contribution in [-0.2, 0) is 4.57 Å². The molecule has 21 heavy (non-hydrogen) atoms. The first kappa shape index (κ1) is 15.7. The fourth-order valence-corrected chi connectivity index (χ4v) is 5.15. The van der Waals surface area contributed by atoms with Crippen molar-refractivity contribution in [1.82, 2.24) is 0 Å². The molecule has 0 aliphatic carbocycles. The molecule has 0 aliphatic heterocycles. The summed E-state index contributed by atoms with van der Waals surface area (Å²) in [6, 6.07) is 18.4. The van der Waals surface area contributed by atoms with E-state index in [9.17, 15) is 8.96 Å². The normalized spacial score (nSPS) is 12.4. The molecule has 0 amide bonds. The first-order valence-electron chi connectivity index (χ1n) is 7.24. The third-order valence-electron chi connectivity index (χ3n) is 3.56. The molecule has 0 aliphatic rings. The van der Waals surface area contributed by atoms with Gasteiger partial charge in [0.15, 0.2) is 7.14 Å². The highest BCUT2D eigenvalue weighted by Gasteiger charge is 2.31. The Balaban J connectivity index is 2.57. The number of halogens is 1.